The zero-order valence-corrected chi connectivity index (χ0v) is 10.8. The first-order valence-electron chi connectivity index (χ1n) is 6.73. The lowest BCUT2D eigenvalue weighted by atomic mass is 10.1. The van der Waals surface area contributed by atoms with Crippen LogP contribution in [0, 0.1) is 12.3 Å². The molecule has 1 aliphatic rings. The minimum absolute atomic E-state index is 0.269. The average Bonchev–Trinajstić information content (AvgIpc) is 2.82. The smallest absolute Gasteiger partial charge is 0.0604 e. The van der Waals surface area contributed by atoms with E-state index in [9.17, 15) is 0 Å². The molecule has 1 aromatic rings. The maximum atomic E-state index is 8.87. The summed E-state index contributed by atoms with van der Waals surface area (Å²) in [5, 5.41) is 8.87. The van der Waals surface area contributed by atoms with Gasteiger partial charge in [-0.1, -0.05) is 30.2 Å². The van der Waals surface area contributed by atoms with Crippen LogP contribution in [0.3, 0.4) is 0 Å². The molecule has 0 saturated heterocycles. The highest BCUT2D eigenvalue weighted by molar-refractivity contribution is 5.34. The van der Waals surface area contributed by atoms with Crippen molar-refractivity contribution in [1.29, 1.82) is 0 Å². The number of nitrogens with zero attached hydrogens (tertiary/aromatic N) is 1. The summed E-state index contributed by atoms with van der Waals surface area (Å²) in [6.45, 7) is 1.94. The first-order chi connectivity index (χ1) is 8.86. The molecule has 2 rings (SSSR count). The molecule has 0 spiro atoms. The Bertz CT molecular complexity index is 421. The maximum Gasteiger partial charge on any atom is 0.0604 e. The lowest BCUT2D eigenvalue weighted by Gasteiger charge is -2.27. The number of fused-ring (bicyclic) bond motifs is 1. The molecule has 0 bridgehead atoms. The molecule has 1 unspecified atom stereocenters. The van der Waals surface area contributed by atoms with E-state index in [0.717, 1.165) is 25.8 Å². The van der Waals surface area contributed by atoms with E-state index in [-0.39, 0.29) is 6.61 Å². The average molecular weight is 243 g/mol. The van der Waals surface area contributed by atoms with Crippen molar-refractivity contribution in [2.75, 3.05) is 19.7 Å². The van der Waals surface area contributed by atoms with Gasteiger partial charge in [0, 0.05) is 12.6 Å². The van der Waals surface area contributed by atoms with Gasteiger partial charge in [0.1, 0.15) is 0 Å². The Morgan fingerprint density at radius 3 is 2.94 bits per heavy atom. The van der Waals surface area contributed by atoms with E-state index >= 15 is 0 Å². The fraction of sp³-hybridized carbons (Fsp3) is 0.500. The second-order valence-corrected chi connectivity index (χ2v) is 4.86. The van der Waals surface area contributed by atoms with Gasteiger partial charge in [-0.2, -0.15) is 0 Å². The molecule has 1 aromatic carbocycles. The summed E-state index contributed by atoms with van der Waals surface area (Å²) in [6.07, 6.45) is 9.67. The number of aryl methyl sites for hydroxylation is 1. The second kappa shape index (κ2) is 6.58. The van der Waals surface area contributed by atoms with E-state index in [1.165, 1.54) is 17.5 Å². The van der Waals surface area contributed by atoms with Crippen LogP contribution in [0.25, 0.3) is 0 Å². The fourth-order valence-corrected chi connectivity index (χ4v) is 2.80. The van der Waals surface area contributed by atoms with Crippen molar-refractivity contribution < 1.29 is 5.11 Å². The predicted octanol–water partition coefficient (Wildman–Crippen LogP) is 2.38. The first-order valence-corrected chi connectivity index (χ1v) is 6.73. The molecule has 1 N–H and O–H groups in total. The monoisotopic (exact) mass is 243 g/mol. The number of rotatable bonds is 6. The van der Waals surface area contributed by atoms with Crippen molar-refractivity contribution in [3.8, 4) is 12.3 Å². The molecule has 18 heavy (non-hydrogen) atoms. The van der Waals surface area contributed by atoms with Crippen LogP contribution in [0.15, 0.2) is 24.3 Å². The van der Waals surface area contributed by atoms with Gasteiger partial charge in [0.2, 0.25) is 0 Å². The maximum absolute atomic E-state index is 8.87. The summed E-state index contributed by atoms with van der Waals surface area (Å²) in [5.41, 5.74) is 2.91. The van der Waals surface area contributed by atoms with E-state index in [1.54, 1.807) is 0 Å². The zero-order valence-electron chi connectivity index (χ0n) is 10.8. The standard InChI is InChI=1S/C16H21NO/c1-2-11-17(12-5-6-13-18)16-10-9-14-7-3-4-8-15(14)16/h1,3-4,7-8,16,18H,5-6,9-13H2. The third kappa shape index (κ3) is 2.93. The van der Waals surface area contributed by atoms with Crippen molar-refractivity contribution in [1.82, 2.24) is 4.90 Å². The Balaban J connectivity index is 2.06. The topological polar surface area (TPSA) is 23.5 Å². The Kier molecular flexibility index (Phi) is 4.81. The van der Waals surface area contributed by atoms with Crippen LogP contribution >= 0.6 is 0 Å². The minimum atomic E-state index is 0.269. The van der Waals surface area contributed by atoms with Gasteiger partial charge in [0.15, 0.2) is 0 Å². The molecule has 0 fully saturated rings. The van der Waals surface area contributed by atoms with Crippen LogP contribution < -0.4 is 0 Å². The van der Waals surface area contributed by atoms with Crippen molar-refractivity contribution in [3.05, 3.63) is 35.4 Å². The molecule has 0 amide bonds. The first kappa shape index (κ1) is 13.1. The number of unbranched alkanes of at least 4 members (excludes halogenated alkanes) is 1. The summed E-state index contributed by atoms with van der Waals surface area (Å²) in [6, 6.07) is 9.13. The van der Waals surface area contributed by atoms with Gasteiger partial charge in [0.25, 0.3) is 0 Å². The van der Waals surface area contributed by atoms with Crippen LogP contribution in [0.1, 0.15) is 36.4 Å². The van der Waals surface area contributed by atoms with Crippen molar-refractivity contribution in [3.63, 3.8) is 0 Å². The number of hydrogen-bond acceptors (Lipinski definition) is 2. The van der Waals surface area contributed by atoms with Crippen LogP contribution in [-0.4, -0.2) is 29.7 Å². The zero-order chi connectivity index (χ0) is 12.8. The molecule has 0 radical (unpaired) electrons. The fourth-order valence-electron chi connectivity index (χ4n) is 2.80. The third-order valence-corrected chi connectivity index (χ3v) is 3.69. The summed E-state index contributed by atoms with van der Waals surface area (Å²) in [5.74, 6) is 2.77. The Labute approximate surface area is 110 Å². The van der Waals surface area contributed by atoms with E-state index in [2.05, 4.69) is 35.1 Å². The molecule has 2 nitrogen and oxygen atoms in total. The van der Waals surface area contributed by atoms with Gasteiger partial charge in [-0.15, -0.1) is 6.42 Å². The lowest BCUT2D eigenvalue weighted by molar-refractivity contribution is 0.206. The Morgan fingerprint density at radius 2 is 2.17 bits per heavy atom. The molecule has 0 heterocycles. The van der Waals surface area contributed by atoms with E-state index in [0.29, 0.717) is 12.6 Å². The van der Waals surface area contributed by atoms with Gasteiger partial charge < -0.3 is 5.11 Å². The van der Waals surface area contributed by atoms with Gasteiger partial charge in [-0.3, -0.25) is 4.90 Å². The molecular formula is C16H21NO. The number of terminal acetylenes is 1. The number of aliphatic hydroxyl groups excluding tert-OH is 1. The molecule has 0 aliphatic heterocycles. The summed E-state index contributed by atoms with van der Waals surface area (Å²) in [4.78, 5) is 2.38. The lowest BCUT2D eigenvalue weighted by Crippen LogP contribution is -2.29. The van der Waals surface area contributed by atoms with Gasteiger partial charge >= 0.3 is 0 Å². The van der Waals surface area contributed by atoms with Gasteiger partial charge in [-0.05, 0) is 43.4 Å². The highest BCUT2D eigenvalue weighted by Crippen LogP contribution is 2.35. The van der Waals surface area contributed by atoms with Gasteiger partial charge in [0.05, 0.1) is 6.54 Å². The molecular weight excluding hydrogens is 222 g/mol. The molecule has 2 heteroatoms. The molecule has 96 valence electrons. The highest BCUT2D eigenvalue weighted by atomic mass is 16.2. The van der Waals surface area contributed by atoms with E-state index in [4.69, 9.17) is 11.5 Å². The quantitative estimate of drug-likeness (QED) is 0.612. The molecule has 0 saturated carbocycles. The molecule has 1 aliphatic carbocycles. The summed E-state index contributed by atoms with van der Waals surface area (Å²) >= 11 is 0. The molecule has 0 aromatic heterocycles. The van der Waals surface area contributed by atoms with Crippen LogP contribution in [0.5, 0.6) is 0 Å². The largest absolute Gasteiger partial charge is 0.396 e. The summed E-state index contributed by atoms with van der Waals surface area (Å²) in [7, 11) is 0. The van der Waals surface area contributed by atoms with Crippen LogP contribution in [0.4, 0.5) is 0 Å². The third-order valence-electron chi connectivity index (χ3n) is 3.69. The van der Waals surface area contributed by atoms with Crippen molar-refractivity contribution in [2.45, 2.75) is 31.7 Å². The Hall–Kier alpha value is -1.30. The predicted molar refractivity (Wildman–Crippen MR) is 74.2 cm³/mol. The van der Waals surface area contributed by atoms with Crippen LogP contribution in [0.2, 0.25) is 0 Å². The molecule has 1 atom stereocenters. The second-order valence-electron chi connectivity index (χ2n) is 4.86. The van der Waals surface area contributed by atoms with Crippen molar-refractivity contribution in [2.24, 2.45) is 0 Å². The Morgan fingerprint density at radius 1 is 1.33 bits per heavy atom. The highest BCUT2D eigenvalue weighted by Gasteiger charge is 2.26. The van der Waals surface area contributed by atoms with Gasteiger partial charge in [-0.25, -0.2) is 0 Å². The van der Waals surface area contributed by atoms with E-state index < -0.39 is 0 Å². The normalized spacial score (nSPS) is 17.7. The minimum Gasteiger partial charge on any atom is -0.396 e. The van der Waals surface area contributed by atoms with Crippen LogP contribution in [-0.2, 0) is 6.42 Å². The van der Waals surface area contributed by atoms with E-state index in [1.807, 2.05) is 0 Å². The SMILES string of the molecule is C#CCN(CCCCO)C1CCc2ccccc21. The van der Waals surface area contributed by atoms with Crippen molar-refractivity contribution >= 4 is 0 Å². The number of hydrogen-bond donors (Lipinski definition) is 1. The summed E-state index contributed by atoms with van der Waals surface area (Å²) < 4.78 is 0. The number of aliphatic hydroxyl groups is 1. The number of benzene rings is 1.